The van der Waals surface area contributed by atoms with Gasteiger partial charge in [-0.05, 0) is 69.5 Å². The molecular weight excluding hydrogens is 464 g/mol. The zero-order chi connectivity index (χ0) is 27.6. The van der Waals surface area contributed by atoms with Crippen LogP contribution in [0.1, 0.15) is 60.3 Å². The average molecular weight is 513 g/mol. The van der Waals surface area contributed by atoms with Crippen molar-refractivity contribution >= 4 is 5.78 Å². The fourth-order valence-corrected chi connectivity index (χ4v) is 3.98. The van der Waals surface area contributed by atoms with Crippen LogP contribution in [0.2, 0.25) is 0 Å². The van der Waals surface area contributed by atoms with E-state index in [1.807, 2.05) is 76.2 Å². The SMILES string of the molecule is C=C/C(=C/N(/C=C(\C=C\C)C(=O)C(C)CC)CCCN1CCC(Oc2ccc(O)cc2)CC1)OC.CC. The van der Waals surface area contributed by atoms with Crippen LogP contribution in [0.3, 0.4) is 0 Å². The largest absolute Gasteiger partial charge is 0.508 e. The van der Waals surface area contributed by atoms with Crippen molar-refractivity contribution in [3.05, 3.63) is 72.8 Å². The lowest BCUT2D eigenvalue weighted by atomic mass is 9.97. The van der Waals surface area contributed by atoms with Gasteiger partial charge in [-0.15, -0.1) is 0 Å². The highest BCUT2D eigenvalue weighted by molar-refractivity contribution is 5.99. The zero-order valence-electron chi connectivity index (χ0n) is 23.8. The zero-order valence-corrected chi connectivity index (χ0v) is 23.8. The molecule has 1 heterocycles. The van der Waals surface area contributed by atoms with Crippen LogP contribution in [-0.4, -0.2) is 60.1 Å². The molecule has 0 aliphatic carbocycles. The number of phenolic OH excluding ortho intramolecular Hbond substituents is 1. The number of allylic oxidation sites excluding steroid dienone is 4. The molecule has 6 heteroatoms. The third-order valence-corrected chi connectivity index (χ3v) is 6.29. The Balaban J connectivity index is 0.00000334. The van der Waals surface area contributed by atoms with E-state index in [1.54, 1.807) is 25.3 Å². The summed E-state index contributed by atoms with van der Waals surface area (Å²) in [6, 6.07) is 6.92. The minimum atomic E-state index is -0.0188. The van der Waals surface area contributed by atoms with Crippen LogP contribution in [0.25, 0.3) is 0 Å². The van der Waals surface area contributed by atoms with Gasteiger partial charge >= 0.3 is 0 Å². The summed E-state index contributed by atoms with van der Waals surface area (Å²) < 4.78 is 11.5. The van der Waals surface area contributed by atoms with Crippen molar-refractivity contribution in [2.24, 2.45) is 5.92 Å². The summed E-state index contributed by atoms with van der Waals surface area (Å²) in [5, 5.41) is 9.43. The fourth-order valence-electron chi connectivity index (χ4n) is 3.98. The van der Waals surface area contributed by atoms with Gasteiger partial charge in [0.25, 0.3) is 0 Å². The third kappa shape index (κ3) is 11.7. The molecule has 1 aromatic rings. The van der Waals surface area contributed by atoms with Gasteiger partial charge in [0, 0.05) is 43.5 Å². The molecule has 1 saturated heterocycles. The van der Waals surface area contributed by atoms with Gasteiger partial charge in [-0.1, -0.05) is 46.4 Å². The number of nitrogens with zero attached hydrogens (tertiary/aromatic N) is 2. The predicted molar refractivity (Wildman–Crippen MR) is 154 cm³/mol. The molecule has 2 rings (SSSR count). The van der Waals surface area contributed by atoms with Crippen LogP contribution in [0, 0.1) is 5.92 Å². The van der Waals surface area contributed by atoms with Gasteiger partial charge in [0.2, 0.25) is 0 Å². The summed E-state index contributed by atoms with van der Waals surface area (Å²) in [6.45, 7) is 17.5. The van der Waals surface area contributed by atoms with Gasteiger partial charge in [0.05, 0.1) is 7.11 Å². The first kappa shape index (κ1) is 32.0. The number of ether oxygens (including phenoxy) is 2. The number of ketones is 1. The van der Waals surface area contributed by atoms with Gasteiger partial charge in [-0.2, -0.15) is 0 Å². The quantitative estimate of drug-likeness (QED) is 0.170. The number of carbonyl (C=O) groups is 1. The van der Waals surface area contributed by atoms with Crippen molar-refractivity contribution < 1.29 is 19.4 Å². The smallest absolute Gasteiger partial charge is 0.167 e. The lowest BCUT2D eigenvalue weighted by Gasteiger charge is -2.32. The molecule has 0 spiro atoms. The normalized spacial score (nSPS) is 16.1. The molecule has 1 aliphatic heterocycles. The van der Waals surface area contributed by atoms with Crippen LogP contribution < -0.4 is 4.74 Å². The number of carbonyl (C=O) groups excluding carboxylic acids is 1. The van der Waals surface area contributed by atoms with Gasteiger partial charge in [0.15, 0.2) is 5.78 Å². The van der Waals surface area contributed by atoms with Crippen molar-refractivity contribution in [2.45, 2.75) is 66.4 Å². The molecule has 206 valence electrons. The lowest BCUT2D eigenvalue weighted by Crippen LogP contribution is -2.39. The van der Waals surface area contributed by atoms with Crippen molar-refractivity contribution in [3.8, 4) is 11.5 Å². The van der Waals surface area contributed by atoms with Crippen LogP contribution in [0.15, 0.2) is 72.8 Å². The van der Waals surface area contributed by atoms with E-state index in [1.165, 1.54) is 0 Å². The molecule has 1 N–H and O–H groups in total. The van der Waals surface area contributed by atoms with Crippen LogP contribution in [0.5, 0.6) is 11.5 Å². The Hall–Kier alpha value is -2.99. The number of hydrogen-bond donors (Lipinski definition) is 1. The second-order valence-electron chi connectivity index (χ2n) is 8.94. The van der Waals surface area contributed by atoms with Gasteiger partial charge in [-0.25, -0.2) is 0 Å². The first-order valence-electron chi connectivity index (χ1n) is 13.6. The maximum absolute atomic E-state index is 12.9. The Bertz CT molecular complexity index is 881. The first-order valence-corrected chi connectivity index (χ1v) is 13.6. The second kappa shape index (κ2) is 18.3. The molecule has 37 heavy (non-hydrogen) atoms. The Morgan fingerprint density at radius 2 is 1.86 bits per heavy atom. The maximum atomic E-state index is 12.9. The Kier molecular flexibility index (Phi) is 15.8. The van der Waals surface area contributed by atoms with E-state index in [4.69, 9.17) is 9.47 Å². The summed E-state index contributed by atoms with van der Waals surface area (Å²) in [7, 11) is 1.62. The van der Waals surface area contributed by atoms with Crippen molar-refractivity contribution in [2.75, 3.05) is 33.3 Å². The minimum absolute atomic E-state index is 0.0188. The first-order chi connectivity index (χ1) is 17.9. The van der Waals surface area contributed by atoms with Crippen LogP contribution in [-0.2, 0) is 9.53 Å². The fraction of sp³-hybridized carbons (Fsp3) is 0.516. The number of likely N-dealkylation sites (tertiary alicyclic amines) is 1. The van der Waals surface area contributed by atoms with E-state index < -0.39 is 0 Å². The molecule has 1 atom stereocenters. The summed E-state index contributed by atoms with van der Waals surface area (Å²) in [5.41, 5.74) is 0.699. The molecule has 0 aromatic heterocycles. The highest BCUT2D eigenvalue weighted by Crippen LogP contribution is 2.21. The van der Waals surface area contributed by atoms with E-state index >= 15 is 0 Å². The van der Waals surface area contributed by atoms with Crippen LogP contribution in [0.4, 0.5) is 0 Å². The van der Waals surface area contributed by atoms with Crippen molar-refractivity contribution in [1.29, 1.82) is 0 Å². The number of hydrogen-bond acceptors (Lipinski definition) is 6. The third-order valence-electron chi connectivity index (χ3n) is 6.29. The summed E-state index contributed by atoms with van der Waals surface area (Å²) >= 11 is 0. The Morgan fingerprint density at radius 3 is 2.41 bits per heavy atom. The van der Waals surface area contributed by atoms with Crippen molar-refractivity contribution in [3.63, 3.8) is 0 Å². The molecular formula is C31H48N2O4. The minimum Gasteiger partial charge on any atom is -0.508 e. The average Bonchev–Trinajstić information content (AvgIpc) is 2.93. The molecule has 1 fully saturated rings. The Labute approximate surface area is 224 Å². The topological polar surface area (TPSA) is 62.2 Å². The number of methoxy groups -OCH3 is 1. The second-order valence-corrected chi connectivity index (χ2v) is 8.94. The summed E-state index contributed by atoms with van der Waals surface area (Å²) in [5.74, 6) is 1.84. The molecule has 1 aliphatic rings. The van der Waals surface area contributed by atoms with Gasteiger partial charge < -0.3 is 24.4 Å². The standard InChI is InChI=1S/C29H42N2O4.C2H6/c1-6-10-24(29(33)23(4)7-2)21-31(22-26(8-3)34-5)18-9-17-30-19-15-28(16-20-30)35-27-13-11-25(32)12-14-27;1-2/h6,8,10-14,21-23,28,32H,3,7,9,15-20H2,1-2,4-5H3;1-2H3/b10-6+,24-21+,26-22-;. The van der Waals surface area contributed by atoms with Crippen LogP contribution >= 0.6 is 0 Å². The molecule has 0 radical (unpaired) electrons. The van der Waals surface area contributed by atoms with Crippen molar-refractivity contribution in [1.82, 2.24) is 9.80 Å². The number of aromatic hydroxyl groups is 1. The van der Waals surface area contributed by atoms with E-state index in [-0.39, 0.29) is 23.6 Å². The lowest BCUT2D eigenvalue weighted by molar-refractivity contribution is -0.118. The molecule has 0 bridgehead atoms. The van der Waals surface area contributed by atoms with Gasteiger partial charge in [0.1, 0.15) is 23.4 Å². The number of piperidine rings is 1. The van der Waals surface area contributed by atoms with E-state index in [9.17, 15) is 9.90 Å². The van der Waals surface area contributed by atoms with E-state index in [0.717, 1.165) is 57.6 Å². The summed E-state index contributed by atoms with van der Waals surface area (Å²) in [6.07, 6.45) is 13.2. The Morgan fingerprint density at radius 1 is 1.22 bits per heavy atom. The molecule has 1 aromatic carbocycles. The van der Waals surface area contributed by atoms with E-state index in [0.29, 0.717) is 11.3 Å². The summed E-state index contributed by atoms with van der Waals surface area (Å²) in [4.78, 5) is 17.4. The maximum Gasteiger partial charge on any atom is 0.167 e. The molecule has 1 unspecified atom stereocenters. The van der Waals surface area contributed by atoms with Gasteiger partial charge in [-0.3, -0.25) is 4.79 Å². The van der Waals surface area contributed by atoms with E-state index in [2.05, 4.69) is 11.5 Å². The molecule has 0 amide bonds. The number of benzene rings is 1. The molecule has 6 nitrogen and oxygen atoms in total. The molecule has 0 saturated carbocycles. The highest BCUT2D eigenvalue weighted by Gasteiger charge is 2.20. The monoisotopic (exact) mass is 512 g/mol. The highest BCUT2D eigenvalue weighted by atomic mass is 16.5. The predicted octanol–water partition coefficient (Wildman–Crippen LogP) is 6.70. The number of phenols is 1. The number of Topliss-reactive ketones (excluding diaryl/α,β-unsaturated/α-hetero) is 1. The number of rotatable bonds is 14.